The Morgan fingerprint density at radius 3 is 2.88 bits per heavy atom. The number of hydrogen-bond acceptors (Lipinski definition) is 4. The van der Waals surface area contributed by atoms with E-state index in [0.29, 0.717) is 12.1 Å². The van der Waals surface area contributed by atoms with Crippen LogP contribution in [0.15, 0.2) is 18.3 Å². The van der Waals surface area contributed by atoms with Gasteiger partial charge in [0.05, 0.1) is 6.10 Å². The Morgan fingerprint density at radius 2 is 2.31 bits per heavy atom. The SMILES string of the molecule is COC1CC(Nc2cc(N)ccn2)C1(C)C. The van der Waals surface area contributed by atoms with Crippen LogP contribution in [0, 0.1) is 5.41 Å². The van der Waals surface area contributed by atoms with Gasteiger partial charge in [0.1, 0.15) is 5.82 Å². The Labute approximate surface area is 96.2 Å². The molecule has 1 aliphatic carbocycles. The molecule has 2 atom stereocenters. The zero-order chi connectivity index (χ0) is 11.8. The van der Waals surface area contributed by atoms with Crippen LogP contribution in [-0.2, 0) is 4.74 Å². The van der Waals surface area contributed by atoms with E-state index in [1.54, 1.807) is 19.4 Å². The number of hydrogen-bond donors (Lipinski definition) is 2. The quantitative estimate of drug-likeness (QED) is 0.818. The Morgan fingerprint density at radius 1 is 1.56 bits per heavy atom. The minimum Gasteiger partial charge on any atom is -0.399 e. The molecular weight excluding hydrogens is 202 g/mol. The predicted octanol–water partition coefficient (Wildman–Crippen LogP) is 1.89. The maximum absolute atomic E-state index is 5.71. The molecule has 16 heavy (non-hydrogen) atoms. The van der Waals surface area contributed by atoms with Gasteiger partial charge in [-0.25, -0.2) is 4.98 Å². The standard InChI is InChI=1S/C12H19N3O/c1-12(2)9(7-10(12)16-3)15-11-6-8(13)4-5-14-11/h4-6,9-10H,7H2,1-3H3,(H3,13,14,15). The maximum atomic E-state index is 5.71. The van der Waals surface area contributed by atoms with Crippen LogP contribution in [0.25, 0.3) is 0 Å². The first-order valence-corrected chi connectivity index (χ1v) is 5.55. The molecule has 3 N–H and O–H groups in total. The van der Waals surface area contributed by atoms with Gasteiger partial charge >= 0.3 is 0 Å². The first kappa shape index (κ1) is 11.2. The molecule has 0 aliphatic heterocycles. The van der Waals surface area contributed by atoms with Crippen LogP contribution in [0.5, 0.6) is 0 Å². The van der Waals surface area contributed by atoms with E-state index in [1.165, 1.54) is 0 Å². The van der Waals surface area contributed by atoms with Crippen LogP contribution in [0.1, 0.15) is 20.3 Å². The Kier molecular flexibility index (Phi) is 2.76. The summed E-state index contributed by atoms with van der Waals surface area (Å²) in [5.74, 6) is 0.840. The topological polar surface area (TPSA) is 60.2 Å². The summed E-state index contributed by atoms with van der Waals surface area (Å²) in [5, 5.41) is 3.40. The smallest absolute Gasteiger partial charge is 0.128 e. The van der Waals surface area contributed by atoms with E-state index < -0.39 is 0 Å². The van der Waals surface area contributed by atoms with Gasteiger partial charge in [0.2, 0.25) is 0 Å². The van der Waals surface area contributed by atoms with Gasteiger partial charge < -0.3 is 15.8 Å². The summed E-state index contributed by atoms with van der Waals surface area (Å²) < 4.78 is 5.41. The Balaban J connectivity index is 2.02. The van der Waals surface area contributed by atoms with E-state index in [1.807, 2.05) is 6.07 Å². The summed E-state index contributed by atoms with van der Waals surface area (Å²) in [7, 11) is 1.77. The second kappa shape index (κ2) is 3.94. The third kappa shape index (κ3) is 1.85. The molecule has 2 rings (SSSR count). The number of ether oxygens (including phenoxy) is 1. The van der Waals surface area contributed by atoms with Crippen molar-refractivity contribution in [2.45, 2.75) is 32.4 Å². The van der Waals surface area contributed by atoms with E-state index in [0.717, 1.165) is 17.9 Å². The lowest BCUT2D eigenvalue weighted by Gasteiger charge is -2.51. The number of nitrogens with two attached hydrogens (primary N) is 1. The highest BCUT2D eigenvalue weighted by molar-refractivity contribution is 5.49. The number of pyridine rings is 1. The highest BCUT2D eigenvalue weighted by Gasteiger charge is 2.48. The fourth-order valence-electron chi connectivity index (χ4n) is 2.23. The van der Waals surface area contributed by atoms with E-state index in [9.17, 15) is 0 Å². The fraction of sp³-hybridized carbons (Fsp3) is 0.583. The van der Waals surface area contributed by atoms with Crippen molar-refractivity contribution in [3.63, 3.8) is 0 Å². The van der Waals surface area contributed by atoms with Crippen molar-refractivity contribution in [1.29, 1.82) is 0 Å². The van der Waals surface area contributed by atoms with Gasteiger partial charge in [0.25, 0.3) is 0 Å². The molecule has 0 saturated heterocycles. The molecule has 4 nitrogen and oxygen atoms in total. The van der Waals surface area contributed by atoms with Gasteiger partial charge in [0.15, 0.2) is 0 Å². The minimum absolute atomic E-state index is 0.140. The van der Waals surface area contributed by atoms with E-state index >= 15 is 0 Å². The maximum Gasteiger partial charge on any atom is 0.128 e. The number of nitrogens with one attached hydrogen (secondary N) is 1. The average Bonchev–Trinajstić information content (AvgIpc) is 2.23. The van der Waals surface area contributed by atoms with Gasteiger partial charge in [-0.2, -0.15) is 0 Å². The van der Waals surface area contributed by atoms with Crippen LogP contribution in [0.3, 0.4) is 0 Å². The zero-order valence-corrected chi connectivity index (χ0v) is 10.0. The molecule has 1 fully saturated rings. The molecule has 0 spiro atoms. The monoisotopic (exact) mass is 221 g/mol. The molecule has 4 heteroatoms. The van der Waals surface area contributed by atoms with Crippen LogP contribution >= 0.6 is 0 Å². The largest absolute Gasteiger partial charge is 0.399 e. The molecule has 0 amide bonds. The second-order valence-corrected chi connectivity index (χ2v) is 4.95. The molecular formula is C12H19N3O. The summed E-state index contributed by atoms with van der Waals surface area (Å²) in [6.45, 7) is 4.41. The first-order valence-electron chi connectivity index (χ1n) is 5.55. The molecule has 1 aromatic heterocycles. The van der Waals surface area contributed by atoms with Crippen molar-refractivity contribution in [2.75, 3.05) is 18.2 Å². The van der Waals surface area contributed by atoms with Crippen molar-refractivity contribution >= 4 is 11.5 Å². The highest BCUT2D eigenvalue weighted by atomic mass is 16.5. The predicted molar refractivity (Wildman–Crippen MR) is 65.3 cm³/mol. The molecule has 88 valence electrons. The average molecular weight is 221 g/mol. The number of nitrogens with zero attached hydrogens (tertiary/aromatic N) is 1. The van der Waals surface area contributed by atoms with Crippen LogP contribution in [-0.4, -0.2) is 24.2 Å². The molecule has 0 radical (unpaired) electrons. The van der Waals surface area contributed by atoms with Crippen molar-refractivity contribution in [1.82, 2.24) is 4.98 Å². The summed E-state index contributed by atoms with van der Waals surface area (Å²) in [6, 6.07) is 4.04. The van der Waals surface area contributed by atoms with Crippen LogP contribution in [0.2, 0.25) is 0 Å². The lowest BCUT2D eigenvalue weighted by atomic mass is 9.64. The number of anilines is 2. The third-order valence-electron chi connectivity index (χ3n) is 3.57. The highest BCUT2D eigenvalue weighted by Crippen LogP contribution is 2.43. The molecule has 1 saturated carbocycles. The number of aromatic nitrogens is 1. The van der Waals surface area contributed by atoms with E-state index in [2.05, 4.69) is 24.1 Å². The van der Waals surface area contributed by atoms with Gasteiger partial charge in [0, 0.05) is 36.5 Å². The van der Waals surface area contributed by atoms with Crippen LogP contribution < -0.4 is 11.1 Å². The van der Waals surface area contributed by atoms with Gasteiger partial charge in [-0.05, 0) is 12.5 Å². The lowest BCUT2D eigenvalue weighted by molar-refractivity contribution is -0.0795. The summed E-state index contributed by atoms with van der Waals surface area (Å²) in [4.78, 5) is 4.25. The number of methoxy groups -OCH3 is 1. The zero-order valence-electron chi connectivity index (χ0n) is 10.0. The minimum atomic E-state index is 0.140. The van der Waals surface area contributed by atoms with Crippen molar-refractivity contribution in [2.24, 2.45) is 5.41 Å². The Bertz CT molecular complexity index is 378. The van der Waals surface area contributed by atoms with Gasteiger partial charge in [-0.15, -0.1) is 0 Å². The summed E-state index contributed by atoms with van der Waals surface area (Å²) in [5.41, 5.74) is 6.58. The molecule has 2 unspecified atom stereocenters. The van der Waals surface area contributed by atoms with E-state index in [-0.39, 0.29) is 5.41 Å². The third-order valence-corrected chi connectivity index (χ3v) is 3.57. The van der Waals surface area contributed by atoms with Crippen molar-refractivity contribution in [3.05, 3.63) is 18.3 Å². The summed E-state index contributed by atoms with van der Waals surface area (Å²) in [6.07, 6.45) is 3.06. The molecule has 1 aromatic rings. The molecule has 0 aromatic carbocycles. The molecule has 0 bridgehead atoms. The van der Waals surface area contributed by atoms with E-state index in [4.69, 9.17) is 10.5 Å². The molecule has 1 heterocycles. The van der Waals surface area contributed by atoms with Gasteiger partial charge in [-0.3, -0.25) is 0 Å². The second-order valence-electron chi connectivity index (χ2n) is 4.95. The van der Waals surface area contributed by atoms with Gasteiger partial charge in [-0.1, -0.05) is 13.8 Å². The van der Waals surface area contributed by atoms with Crippen molar-refractivity contribution in [3.8, 4) is 0 Å². The van der Waals surface area contributed by atoms with Crippen molar-refractivity contribution < 1.29 is 4.74 Å². The number of nitrogen functional groups attached to an aromatic ring is 1. The Hall–Kier alpha value is -1.29. The fourth-order valence-corrected chi connectivity index (χ4v) is 2.23. The number of rotatable bonds is 3. The van der Waals surface area contributed by atoms with Crippen LogP contribution in [0.4, 0.5) is 11.5 Å². The molecule has 1 aliphatic rings. The summed E-state index contributed by atoms with van der Waals surface area (Å²) >= 11 is 0. The lowest BCUT2D eigenvalue weighted by Crippen LogP contribution is -2.57. The normalized spacial score (nSPS) is 27.2. The first-order chi connectivity index (χ1) is 7.54.